The summed E-state index contributed by atoms with van der Waals surface area (Å²) in [6, 6.07) is 14.7. The molecule has 154 valence electrons. The van der Waals surface area contributed by atoms with Gasteiger partial charge in [0.05, 0.1) is 10.9 Å². The van der Waals surface area contributed by atoms with Crippen molar-refractivity contribution in [3.8, 4) is 11.1 Å². The van der Waals surface area contributed by atoms with Gasteiger partial charge in [0.2, 0.25) is 15.9 Å². The molecule has 1 N–H and O–H groups in total. The van der Waals surface area contributed by atoms with Crippen LogP contribution in [-0.4, -0.2) is 56.8 Å². The van der Waals surface area contributed by atoms with Gasteiger partial charge < -0.3 is 10.2 Å². The number of piperazine rings is 1. The first-order valence-electron chi connectivity index (χ1n) is 9.63. The number of rotatable bonds is 6. The van der Waals surface area contributed by atoms with Crippen LogP contribution in [0, 0.1) is 0 Å². The maximum Gasteiger partial charge on any atom is 0.243 e. The highest BCUT2D eigenvalue weighted by atomic mass is 32.2. The largest absolute Gasteiger partial charge is 0.346 e. The van der Waals surface area contributed by atoms with Crippen molar-refractivity contribution in [2.45, 2.75) is 17.9 Å². The van der Waals surface area contributed by atoms with Crippen LogP contribution in [0.5, 0.6) is 0 Å². The Morgan fingerprint density at radius 1 is 1.00 bits per heavy atom. The Hall–Kier alpha value is -2.48. The molecule has 7 heteroatoms. The third-order valence-corrected chi connectivity index (χ3v) is 7.16. The van der Waals surface area contributed by atoms with Crippen molar-refractivity contribution in [1.29, 1.82) is 0 Å². The number of likely N-dealkylation sites (N-methyl/N-ethyl adjacent to an activating group) is 1. The fraction of sp³-hybridized carbons (Fsp3) is 0.318. The van der Waals surface area contributed by atoms with Crippen LogP contribution >= 0.6 is 0 Å². The summed E-state index contributed by atoms with van der Waals surface area (Å²) in [5.74, 6) is -0.210. The molecule has 1 saturated heterocycles. The van der Waals surface area contributed by atoms with E-state index in [1.807, 2.05) is 50.4 Å². The second-order valence-corrected chi connectivity index (χ2v) is 9.23. The highest BCUT2D eigenvalue weighted by molar-refractivity contribution is 7.89. The van der Waals surface area contributed by atoms with Gasteiger partial charge >= 0.3 is 0 Å². The van der Waals surface area contributed by atoms with Gasteiger partial charge in [0, 0.05) is 26.2 Å². The lowest BCUT2D eigenvalue weighted by molar-refractivity contribution is -0.117. The van der Waals surface area contributed by atoms with E-state index in [1.165, 1.54) is 6.08 Å². The summed E-state index contributed by atoms with van der Waals surface area (Å²) in [7, 11) is -1.46. The molecule has 1 aliphatic rings. The predicted octanol–water partition coefficient (Wildman–Crippen LogP) is 2.65. The van der Waals surface area contributed by atoms with Gasteiger partial charge in [-0.2, -0.15) is 4.31 Å². The van der Waals surface area contributed by atoms with Gasteiger partial charge in [-0.1, -0.05) is 43.0 Å². The Labute approximate surface area is 172 Å². The zero-order valence-electron chi connectivity index (χ0n) is 16.8. The number of carbonyl (C=O) groups is 1. The van der Waals surface area contributed by atoms with Crippen LogP contribution in [0.4, 0.5) is 0 Å². The molecule has 1 atom stereocenters. The van der Waals surface area contributed by atoms with Gasteiger partial charge in [-0.15, -0.1) is 0 Å². The minimum Gasteiger partial charge on any atom is -0.346 e. The summed E-state index contributed by atoms with van der Waals surface area (Å²) < 4.78 is 27.2. The smallest absolute Gasteiger partial charge is 0.243 e. The molecule has 0 aromatic heterocycles. The monoisotopic (exact) mass is 413 g/mol. The topological polar surface area (TPSA) is 69.7 Å². The summed E-state index contributed by atoms with van der Waals surface area (Å²) in [6.07, 6.45) is 1.25. The van der Waals surface area contributed by atoms with Crippen LogP contribution < -0.4 is 5.32 Å². The maximum atomic E-state index is 12.8. The lowest BCUT2D eigenvalue weighted by Gasteiger charge is -2.31. The van der Waals surface area contributed by atoms with E-state index in [9.17, 15) is 13.2 Å². The van der Waals surface area contributed by atoms with Crippen LogP contribution in [0.2, 0.25) is 0 Å². The van der Waals surface area contributed by atoms with E-state index in [-0.39, 0.29) is 11.9 Å². The first-order valence-corrected chi connectivity index (χ1v) is 11.1. The van der Waals surface area contributed by atoms with Crippen LogP contribution in [0.1, 0.15) is 18.5 Å². The molecule has 1 aliphatic heterocycles. The Balaban J connectivity index is 1.73. The molecule has 1 amide bonds. The van der Waals surface area contributed by atoms with Crippen molar-refractivity contribution in [3.05, 3.63) is 66.7 Å². The number of benzene rings is 2. The summed E-state index contributed by atoms with van der Waals surface area (Å²) in [6.45, 7) is 7.89. The minimum atomic E-state index is -3.46. The third kappa shape index (κ3) is 4.93. The number of nitrogens with one attached hydrogen (secondary N) is 1. The van der Waals surface area contributed by atoms with Gasteiger partial charge in [-0.3, -0.25) is 4.79 Å². The molecule has 0 spiro atoms. The average molecular weight is 414 g/mol. The Morgan fingerprint density at radius 3 is 2.03 bits per heavy atom. The van der Waals surface area contributed by atoms with Crippen LogP contribution in [0.15, 0.2) is 66.1 Å². The molecule has 29 heavy (non-hydrogen) atoms. The number of sulfonamides is 1. The highest BCUT2D eigenvalue weighted by Gasteiger charge is 2.27. The van der Waals surface area contributed by atoms with E-state index in [2.05, 4.69) is 16.8 Å². The van der Waals surface area contributed by atoms with E-state index in [0.717, 1.165) is 29.8 Å². The highest BCUT2D eigenvalue weighted by Crippen LogP contribution is 2.25. The molecular weight excluding hydrogens is 386 g/mol. The van der Waals surface area contributed by atoms with Crippen molar-refractivity contribution >= 4 is 15.9 Å². The van der Waals surface area contributed by atoms with Crippen molar-refractivity contribution in [2.75, 3.05) is 33.2 Å². The van der Waals surface area contributed by atoms with Gasteiger partial charge in [0.1, 0.15) is 0 Å². The zero-order chi connectivity index (χ0) is 21.0. The van der Waals surface area contributed by atoms with Crippen LogP contribution in [0.25, 0.3) is 11.1 Å². The molecule has 0 unspecified atom stereocenters. The normalized spacial score (nSPS) is 16.9. The number of amides is 1. The molecule has 0 aliphatic carbocycles. The van der Waals surface area contributed by atoms with E-state index < -0.39 is 10.0 Å². The van der Waals surface area contributed by atoms with E-state index in [0.29, 0.717) is 18.0 Å². The second kappa shape index (κ2) is 8.90. The summed E-state index contributed by atoms with van der Waals surface area (Å²) in [4.78, 5) is 13.9. The third-order valence-electron chi connectivity index (χ3n) is 5.24. The summed E-state index contributed by atoms with van der Waals surface area (Å²) in [5.41, 5.74) is 2.91. The fourth-order valence-electron chi connectivity index (χ4n) is 3.32. The molecular formula is C22H27N3O3S. The van der Waals surface area contributed by atoms with Crippen molar-refractivity contribution in [1.82, 2.24) is 14.5 Å². The van der Waals surface area contributed by atoms with Gasteiger partial charge in [-0.05, 0) is 48.9 Å². The molecule has 2 aromatic carbocycles. The maximum absolute atomic E-state index is 12.8. The standard InChI is InChI=1S/C22H27N3O3S/c1-4-22(26)23-17(2)18-5-7-19(8-6-18)20-9-11-21(12-10-20)29(27,28)25-15-13-24(3)14-16-25/h4-12,17H,1,13-16H2,2-3H3,(H,23,26)/t17-/m1/s1. The molecule has 1 heterocycles. The lowest BCUT2D eigenvalue weighted by Crippen LogP contribution is -2.46. The first kappa shape index (κ1) is 21.2. The molecule has 0 bridgehead atoms. The van der Waals surface area contributed by atoms with Crippen LogP contribution in [-0.2, 0) is 14.8 Å². The number of nitrogens with zero attached hydrogens (tertiary/aromatic N) is 2. The number of hydrogen-bond acceptors (Lipinski definition) is 4. The Kier molecular flexibility index (Phi) is 6.52. The fourth-order valence-corrected chi connectivity index (χ4v) is 4.74. The molecule has 6 nitrogen and oxygen atoms in total. The molecule has 1 fully saturated rings. The van der Waals surface area contributed by atoms with Gasteiger partial charge in [0.15, 0.2) is 0 Å². The molecule has 0 radical (unpaired) electrons. The number of hydrogen-bond donors (Lipinski definition) is 1. The minimum absolute atomic E-state index is 0.120. The SMILES string of the molecule is C=CC(=O)N[C@H](C)c1ccc(-c2ccc(S(=O)(=O)N3CCN(C)CC3)cc2)cc1. The summed E-state index contributed by atoms with van der Waals surface area (Å²) in [5, 5.41) is 2.83. The van der Waals surface area contributed by atoms with Crippen LogP contribution in [0.3, 0.4) is 0 Å². The first-order chi connectivity index (χ1) is 13.8. The molecule has 2 aromatic rings. The molecule has 3 rings (SSSR count). The van der Waals surface area contributed by atoms with Crippen molar-refractivity contribution in [2.24, 2.45) is 0 Å². The summed E-state index contributed by atoms with van der Waals surface area (Å²) >= 11 is 0. The quantitative estimate of drug-likeness (QED) is 0.739. The predicted molar refractivity (Wildman–Crippen MR) is 115 cm³/mol. The second-order valence-electron chi connectivity index (χ2n) is 7.29. The van der Waals surface area contributed by atoms with E-state index in [1.54, 1.807) is 16.4 Å². The number of carbonyl (C=O) groups excluding carboxylic acids is 1. The van der Waals surface area contributed by atoms with Gasteiger partial charge in [-0.25, -0.2) is 8.42 Å². The Bertz CT molecular complexity index is 961. The zero-order valence-corrected chi connectivity index (χ0v) is 17.7. The Morgan fingerprint density at radius 2 is 1.52 bits per heavy atom. The van der Waals surface area contributed by atoms with E-state index >= 15 is 0 Å². The van der Waals surface area contributed by atoms with Crippen molar-refractivity contribution in [3.63, 3.8) is 0 Å². The van der Waals surface area contributed by atoms with Gasteiger partial charge in [0.25, 0.3) is 0 Å². The average Bonchev–Trinajstić information content (AvgIpc) is 2.74. The van der Waals surface area contributed by atoms with Crippen molar-refractivity contribution < 1.29 is 13.2 Å². The lowest BCUT2D eigenvalue weighted by atomic mass is 10.0. The molecule has 0 saturated carbocycles. The van der Waals surface area contributed by atoms with E-state index in [4.69, 9.17) is 0 Å².